The summed E-state index contributed by atoms with van der Waals surface area (Å²) < 4.78 is 0. The lowest BCUT2D eigenvalue weighted by Gasteiger charge is -2.20. The van der Waals surface area contributed by atoms with E-state index in [0.717, 1.165) is 5.69 Å². The van der Waals surface area contributed by atoms with Crippen LogP contribution in [0.15, 0.2) is 24.4 Å². The monoisotopic (exact) mass is 277 g/mol. The van der Waals surface area contributed by atoms with Gasteiger partial charge in [-0.25, -0.2) is 10.8 Å². The van der Waals surface area contributed by atoms with E-state index in [1.807, 2.05) is 11.9 Å². The first kappa shape index (κ1) is 13.6. The number of aryl methyl sites for hydroxylation is 2. The van der Waals surface area contributed by atoms with Gasteiger partial charge in [-0.1, -0.05) is 17.7 Å². The van der Waals surface area contributed by atoms with E-state index in [1.54, 1.807) is 0 Å². The lowest BCUT2D eigenvalue weighted by Crippen LogP contribution is -2.16. The zero-order chi connectivity index (χ0) is 14.0. The van der Waals surface area contributed by atoms with Gasteiger partial charge >= 0.3 is 0 Å². The number of hydrazine groups is 1. The minimum absolute atomic E-state index is 0.329. The van der Waals surface area contributed by atoms with Gasteiger partial charge in [0.25, 0.3) is 0 Å². The van der Waals surface area contributed by atoms with Gasteiger partial charge in [0, 0.05) is 12.7 Å². The molecule has 1 aromatic carbocycles. The quantitative estimate of drug-likeness (QED) is 0.667. The molecular weight excluding hydrogens is 262 g/mol. The summed E-state index contributed by atoms with van der Waals surface area (Å²) in [5.41, 5.74) is 5.80. The number of aromatic nitrogens is 2. The summed E-state index contributed by atoms with van der Waals surface area (Å²) >= 11 is 6.14. The fourth-order valence-electron chi connectivity index (χ4n) is 1.93. The molecule has 1 aromatic heterocycles. The molecule has 0 radical (unpaired) electrons. The van der Waals surface area contributed by atoms with Gasteiger partial charge in [-0.05, 0) is 37.1 Å². The van der Waals surface area contributed by atoms with Crippen LogP contribution in [0.3, 0.4) is 0 Å². The third-order valence-electron chi connectivity index (χ3n) is 2.77. The number of nitrogen functional groups attached to an aromatic ring is 1. The van der Waals surface area contributed by atoms with Crippen LogP contribution in [0.2, 0.25) is 5.02 Å². The third kappa shape index (κ3) is 2.94. The normalized spacial score (nSPS) is 10.4. The molecule has 0 bridgehead atoms. The van der Waals surface area contributed by atoms with Crippen LogP contribution in [0, 0.1) is 13.8 Å². The molecule has 6 heteroatoms. The Kier molecular flexibility index (Phi) is 3.87. The van der Waals surface area contributed by atoms with Crippen molar-refractivity contribution in [1.29, 1.82) is 0 Å². The molecule has 19 heavy (non-hydrogen) atoms. The highest BCUT2D eigenvalue weighted by Gasteiger charge is 2.12. The first-order valence-electron chi connectivity index (χ1n) is 5.82. The summed E-state index contributed by atoms with van der Waals surface area (Å²) in [6.07, 6.45) is 1.53. The molecule has 2 rings (SSSR count). The maximum Gasteiger partial charge on any atom is 0.239 e. The molecule has 1 heterocycles. The van der Waals surface area contributed by atoms with Crippen LogP contribution in [-0.4, -0.2) is 17.0 Å². The summed E-state index contributed by atoms with van der Waals surface area (Å²) in [5, 5.41) is 0.473. The van der Waals surface area contributed by atoms with E-state index < -0.39 is 0 Å². The smallest absolute Gasteiger partial charge is 0.239 e. The molecule has 0 unspecified atom stereocenters. The zero-order valence-electron chi connectivity index (χ0n) is 11.1. The summed E-state index contributed by atoms with van der Waals surface area (Å²) in [4.78, 5) is 10.1. The van der Waals surface area contributed by atoms with Gasteiger partial charge < -0.3 is 4.90 Å². The van der Waals surface area contributed by atoms with Crippen molar-refractivity contribution in [3.05, 3.63) is 40.5 Å². The van der Waals surface area contributed by atoms with Crippen LogP contribution in [0.1, 0.15) is 11.1 Å². The standard InChI is InChI=1S/C13H16ClN5/c1-8-4-9(2)6-10(5-8)19(3)12-11(14)7-16-13(17-12)18-15/h4-7H,15H2,1-3H3,(H,16,17,18). The summed E-state index contributed by atoms with van der Waals surface area (Å²) in [7, 11) is 1.91. The average molecular weight is 278 g/mol. The van der Waals surface area contributed by atoms with Crippen molar-refractivity contribution >= 4 is 29.1 Å². The van der Waals surface area contributed by atoms with Crippen molar-refractivity contribution in [2.24, 2.45) is 5.84 Å². The topological polar surface area (TPSA) is 67.1 Å². The lowest BCUT2D eigenvalue weighted by atomic mass is 10.1. The highest BCUT2D eigenvalue weighted by Crippen LogP contribution is 2.29. The van der Waals surface area contributed by atoms with E-state index in [9.17, 15) is 0 Å². The molecule has 0 atom stereocenters. The van der Waals surface area contributed by atoms with Crippen molar-refractivity contribution in [2.45, 2.75) is 13.8 Å². The Balaban J connectivity index is 2.45. The first-order chi connectivity index (χ1) is 9.01. The second-order valence-electron chi connectivity index (χ2n) is 4.41. The number of nitrogens with one attached hydrogen (secondary N) is 1. The van der Waals surface area contributed by atoms with Crippen molar-refractivity contribution in [2.75, 3.05) is 17.4 Å². The maximum atomic E-state index is 6.14. The van der Waals surface area contributed by atoms with Gasteiger partial charge in [0.05, 0.1) is 6.20 Å². The van der Waals surface area contributed by atoms with Crippen molar-refractivity contribution < 1.29 is 0 Å². The second kappa shape index (κ2) is 5.42. The zero-order valence-corrected chi connectivity index (χ0v) is 11.9. The molecule has 100 valence electrons. The Morgan fingerprint density at radius 2 is 1.84 bits per heavy atom. The summed E-state index contributed by atoms with van der Waals surface area (Å²) in [6.45, 7) is 4.11. The molecule has 2 aromatic rings. The van der Waals surface area contributed by atoms with Crippen LogP contribution < -0.4 is 16.2 Å². The highest BCUT2D eigenvalue weighted by atomic mass is 35.5. The predicted molar refractivity (Wildman–Crippen MR) is 78.8 cm³/mol. The van der Waals surface area contributed by atoms with Gasteiger partial charge in [0.1, 0.15) is 5.02 Å². The Morgan fingerprint density at radius 3 is 2.42 bits per heavy atom. The van der Waals surface area contributed by atoms with Crippen LogP contribution in [-0.2, 0) is 0 Å². The van der Waals surface area contributed by atoms with Gasteiger partial charge in [-0.15, -0.1) is 0 Å². The molecule has 0 aliphatic heterocycles. The lowest BCUT2D eigenvalue weighted by molar-refractivity contribution is 1.06. The number of hydrogen-bond donors (Lipinski definition) is 2. The van der Waals surface area contributed by atoms with Gasteiger partial charge in [-0.2, -0.15) is 4.98 Å². The van der Waals surface area contributed by atoms with Crippen LogP contribution in [0.25, 0.3) is 0 Å². The Bertz CT molecular complexity index is 579. The number of nitrogens with zero attached hydrogens (tertiary/aromatic N) is 3. The van der Waals surface area contributed by atoms with Crippen LogP contribution >= 0.6 is 11.6 Å². The highest BCUT2D eigenvalue weighted by molar-refractivity contribution is 6.33. The van der Waals surface area contributed by atoms with E-state index in [0.29, 0.717) is 16.8 Å². The number of anilines is 3. The minimum atomic E-state index is 0.329. The van der Waals surface area contributed by atoms with E-state index in [-0.39, 0.29) is 0 Å². The third-order valence-corrected chi connectivity index (χ3v) is 3.03. The predicted octanol–water partition coefficient (Wildman–Crippen LogP) is 2.80. The van der Waals surface area contributed by atoms with E-state index in [2.05, 4.69) is 47.4 Å². The van der Waals surface area contributed by atoms with E-state index in [4.69, 9.17) is 17.4 Å². The SMILES string of the molecule is Cc1cc(C)cc(N(C)c2nc(NN)ncc2Cl)c1. The Morgan fingerprint density at radius 1 is 1.21 bits per heavy atom. The molecule has 3 N–H and O–H groups in total. The molecule has 0 aliphatic rings. The molecule has 0 saturated heterocycles. The Labute approximate surface area is 117 Å². The van der Waals surface area contributed by atoms with Gasteiger partial charge in [-0.3, -0.25) is 5.43 Å². The fraction of sp³-hybridized carbons (Fsp3) is 0.231. The van der Waals surface area contributed by atoms with E-state index >= 15 is 0 Å². The number of halogens is 1. The van der Waals surface area contributed by atoms with Crippen molar-refractivity contribution in [3.63, 3.8) is 0 Å². The number of nitrogens with two attached hydrogens (primary N) is 1. The molecule has 0 amide bonds. The van der Waals surface area contributed by atoms with E-state index in [1.165, 1.54) is 17.3 Å². The first-order valence-corrected chi connectivity index (χ1v) is 6.20. The molecule has 0 saturated carbocycles. The molecule has 0 fully saturated rings. The molecule has 5 nitrogen and oxygen atoms in total. The maximum absolute atomic E-state index is 6.14. The van der Waals surface area contributed by atoms with Gasteiger partial charge in [0.2, 0.25) is 5.95 Å². The fourth-order valence-corrected chi connectivity index (χ4v) is 2.15. The molecule has 0 spiro atoms. The number of rotatable bonds is 3. The molecule has 0 aliphatic carbocycles. The minimum Gasteiger partial charge on any atom is -0.328 e. The van der Waals surface area contributed by atoms with Crippen LogP contribution in [0.5, 0.6) is 0 Å². The molecular formula is C13H16ClN5. The van der Waals surface area contributed by atoms with Crippen LogP contribution in [0.4, 0.5) is 17.5 Å². The average Bonchev–Trinajstić information content (AvgIpc) is 2.37. The second-order valence-corrected chi connectivity index (χ2v) is 4.82. The van der Waals surface area contributed by atoms with Crippen molar-refractivity contribution in [1.82, 2.24) is 9.97 Å². The summed E-state index contributed by atoms with van der Waals surface area (Å²) in [6, 6.07) is 6.26. The van der Waals surface area contributed by atoms with Gasteiger partial charge in [0.15, 0.2) is 5.82 Å². The Hall–Kier alpha value is -1.85. The number of hydrogen-bond acceptors (Lipinski definition) is 5. The largest absolute Gasteiger partial charge is 0.328 e. The summed E-state index contributed by atoms with van der Waals surface area (Å²) in [5.74, 6) is 6.25. The van der Waals surface area contributed by atoms with Crippen molar-refractivity contribution in [3.8, 4) is 0 Å². The number of benzene rings is 1.